The number of nitrogens with one attached hydrogen (secondary N) is 3. The Kier molecular flexibility index (Phi) is 6.80. The van der Waals surface area contributed by atoms with Crippen molar-refractivity contribution in [2.75, 3.05) is 26.7 Å². The molecule has 2 saturated heterocycles. The molecule has 0 spiro atoms. The van der Waals surface area contributed by atoms with Gasteiger partial charge in [-0.1, -0.05) is 13.3 Å². The lowest BCUT2D eigenvalue weighted by Crippen LogP contribution is -2.54. The number of rotatable bonds is 8. The molecule has 2 heterocycles. The lowest BCUT2D eigenvalue weighted by Gasteiger charge is -2.29. The zero-order valence-electron chi connectivity index (χ0n) is 14.3. The number of unbranched alkanes of at least 4 members (excludes halogenated alkanes) is 1. The first-order chi connectivity index (χ1) is 11.6. The summed E-state index contributed by atoms with van der Waals surface area (Å²) in [7, 11) is 1.75. The summed E-state index contributed by atoms with van der Waals surface area (Å²) in [5.74, 6) is -0.640. The molecule has 2 aliphatic rings. The Balaban J connectivity index is 1.84. The van der Waals surface area contributed by atoms with E-state index in [-0.39, 0.29) is 30.3 Å². The van der Waals surface area contributed by atoms with Gasteiger partial charge in [0.1, 0.15) is 6.04 Å². The molecule has 0 aromatic heterocycles. The van der Waals surface area contributed by atoms with Gasteiger partial charge >= 0.3 is 6.03 Å². The predicted molar refractivity (Wildman–Crippen MR) is 86.4 cm³/mol. The van der Waals surface area contributed by atoms with Crippen LogP contribution in [0, 0.1) is 0 Å². The number of amides is 4. The van der Waals surface area contributed by atoms with Crippen molar-refractivity contribution in [3.63, 3.8) is 0 Å². The van der Waals surface area contributed by atoms with Crippen molar-refractivity contribution in [3.8, 4) is 0 Å². The molecule has 2 atom stereocenters. The third-order valence-electron chi connectivity index (χ3n) is 4.28. The molecule has 9 heteroatoms. The highest BCUT2D eigenvalue weighted by atomic mass is 16.7. The van der Waals surface area contributed by atoms with Crippen molar-refractivity contribution in [2.24, 2.45) is 0 Å². The molecule has 0 aromatic carbocycles. The Labute approximate surface area is 142 Å². The standard InChI is InChI=1S/C15H27N5O4/c1-3-4-9-24-20-11-5-6-12(19(10-11)15(20)23)14(22)18-17-13(21)7-8-16-2/h11-12,16H,3-10H2,1-2H3,(H,17,21)(H,18,22)/t11-,12-/m0/s1. The number of hydrogen-bond acceptors (Lipinski definition) is 5. The molecule has 0 aromatic rings. The van der Waals surface area contributed by atoms with E-state index in [1.807, 2.05) is 0 Å². The van der Waals surface area contributed by atoms with E-state index in [0.717, 1.165) is 12.8 Å². The second-order valence-electron chi connectivity index (χ2n) is 6.09. The quantitative estimate of drug-likeness (QED) is 0.417. The second kappa shape index (κ2) is 8.84. The molecule has 4 amide bonds. The van der Waals surface area contributed by atoms with Crippen LogP contribution in [0.1, 0.15) is 39.0 Å². The molecule has 3 N–H and O–H groups in total. The number of nitrogens with zero attached hydrogens (tertiary/aromatic N) is 2. The van der Waals surface area contributed by atoms with E-state index >= 15 is 0 Å². The summed E-state index contributed by atoms with van der Waals surface area (Å²) in [6.45, 7) is 3.57. The molecule has 2 aliphatic heterocycles. The molecular weight excluding hydrogens is 314 g/mol. The van der Waals surface area contributed by atoms with Gasteiger partial charge in [0.2, 0.25) is 5.91 Å². The number of carbonyl (C=O) groups is 3. The Morgan fingerprint density at radius 1 is 1.29 bits per heavy atom. The highest BCUT2D eigenvalue weighted by Crippen LogP contribution is 2.30. The first kappa shape index (κ1) is 18.5. The number of piperidine rings is 1. The highest BCUT2D eigenvalue weighted by molar-refractivity contribution is 5.89. The zero-order valence-corrected chi connectivity index (χ0v) is 14.3. The van der Waals surface area contributed by atoms with E-state index in [1.54, 1.807) is 7.05 Å². The number of urea groups is 1. The molecule has 2 bridgehead atoms. The maximum atomic E-state index is 12.4. The molecular formula is C15H27N5O4. The van der Waals surface area contributed by atoms with Crippen LogP contribution in [0.5, 0.6) is 0 Å². The van der Waals surface area contributed by atoms with E-state index in [9.17, 15) is 14.4 Å². The Hall–Kier alpha value is -1.87. The molecule has 2 rings (SSSR count). The minimum absolute atomic E-state index is 0.00336. The fraction of sp³-hybridized carbons (Fsp3) is 0.800. The van der Waals surface area contributed by atoms with E-state index in [4.69, 9.17) is 4.84 Å². The summed E-state index contributed by atoms with van der Waals surface area (Å²) in [6, 6.07) is -0.836. The molecule has 9 nitrogen and oxygen atoms in total. The van der Waals surface area contributed by atoms with Gasteiger partial charge in [0.05, 0.1) is 12.6 Å². The van der Waals surface area contributed by atoms with Crippen molar-refractivity contribution in [1.29, 1.82) is 0 Å². The first-order valence-electron chi connectivity index (χ1n) is 8.54. The molecule has 0 unspecified atom stereocenters. The van der Waals surface area contributed by atoms with Gasteiger partial charge in [0.15, 0.2) is 0 Å². The Morgan fingerprint density at radius 2 is 2.08 bits per heavy atom. The van der Waals surface area contributed by atoms with Gasteiger partial charge in [0, 0.05) is 19.5 Å². The minimum atomic E-state index is -0.571. The molecule has 0 saturated carbocycles. The summed E-state index contributed by atoms with van der Waals surface area (Å²) in [4.78, 5) is 43.3. The molecule has 0 radical (unpaired) electrons. The summed E-state index contributed by atoms with van der Waals surface area (Å²) >= 11 is 0. The van der Waals surface area contributed by atoms with Crippen LogP contribution < -0.4 is 16.2 Å². The van der Waals surface area contributed by atoms with Crippen LogP contribution in [0.3, 0.4) is 0 Å². The number of fused-ring (bicyclic) bond motifs is 2. The zero-order chi connectivity index (χ0) is 17.5. The topological polar surface area (TPSA) is 103 Å². The Morgan fingerprint density at radius 3 is 2.79 bits per heavy atom. The molecule has 136 valence electrons. The van der Waals surface area contributed by atoms with Crippen LogP contribution >= 0.6 is 0 Å². The van der Waals surface area contributed by atoms with Gasteiger partial charge in [-0.2, -0.15) is 5.06 Å². The molecule has 0 aliphatic carbocycles. The van der Waals surface area contributed by atoms with Crippen LogP contribution in [0.15, 0.2) is 0 Å². The maximum absolute atomic E-state index is 12.4. The SMILES string of the molecule is CCCCON1C(=O)N2C[C@@H]1CC[C@H]2C(=O)NNC(=O)CCNC. The lowest BCUT2D eigenvalue weighted by molar-refractivity contribution is -0.132. The number of hydrazine groups is 1. The number of hydroxylamine groups is 2. The third kappa shape index (κ3) is 4.35. The summed E-state index contributed by atoms with van der Waals surface area (Å²) in [5.41, 5.74) is 4.79. The van der Waals surface area contributed by atoms with E-state index in [0.29, 0.717) is 32.5 Å². The van der Waals surface area contributed by atoms with Gasteiger partial charge in [0.25, 0.3) is 5.91 Å². The summed E-state index contributed by atoms with van der Waals surface area (Å²) in [6.07, 6.45) is 3.42. The first-order valence-corrected chi connectivity index (χ1v) is 8.54. The largest absolute Gasteiger partial charge is 0.345 e. The van der Waals surface area contributed by atoms with E-state index in [1.165, 1.54) is 9.96 Å². The highest BCUT2D eigenvalue weighted by Gasteiger charge is 2.47. The fourth-order valence-corrected chi connectivity index (χ4v) is 2.89. The average molecular weight is 341 g/mol. The monoisotopic (exact) mass is 341 g/mol. The van der Waals surface area contributed by atoms with Gasteiger partial charge in [-0.25, -0.2) is 4.79 Å². The second-order valence-corrected chi connectivity index (χ2v) is 6.09. The molecule has 2 fully saturated rings. The lowest BCUT2D eigenvalue weighted by atomic mass is 10.0. The maximum Gasteiger partial charge on any atom is 0.345 e. The van der Waals surface area contributed by atoms with Crippen molar-refractivity contribution in [2.45, 2.75) is 51.1 Å². The van der Waals surface area contributed by atoms with Crippen LogP contribution in [0.25, 0.3) is 0 Å². The van der Waals surface area contributed by atoms with Crippen molar-refractivity contribution in [1.82, 2.24) is 26.1 Å². The number of hydrogen-bond donors (Lipinski definition) is 3. The van der Waals surface area contributed by atoms with E-state index in [2.05, 4.69) is 23.1 Å². The normalized spacial score (nSPS) is 22.7. The van der Waals surface area contributed by atoms with Crippen molar-refractivity contribution in [3.05, 3.63) is 0 Å². The Bertz CT molecular complexity index is 473. The average Bonchev–Trinajstić information content (AvgIpc) is 2.82. The van der Waals surface area contributed by atoms with Crippen LogP contribution in [-0.4, -0.2) is 66.6 Å². The van der Waals surface area contributed by atoms with Gasteiger partial charge in [-0.05, 0) is 26.3 Å². The minimum Gasteiger partial charge on any atom is -0.319 e. The predicted octanol–water partition coefficient (Wildman–Crippen LogP) is -0.256. The summed E-state index contributed by atoms with van der Waals surface area (Å²) in [5, 5.41) is 4.27. The third-order valence-corrected chi connectivity index (χ3v) is 4.28. The van der Waals surface area contributed by atoms with Crippen LogP contribution in [0.4, 0.5) is 4.79 Å². The van der Waals surface area contributed by atoms with Crippen molar-refractivity contribution >= 4 is 17.8 Å². The number of carbonyl (C=O) groups excluding carboxylic acids is 3. The van der Waals surface area contributed by atoms with Crippen LogP contribution in [-0.2, 0) is 14.4 Å². The smallest absolute Gasteiger partial charge is 0.319 e. The van der Waals surface area contributed by atoms with Gasteiger partial charge in [-0.3, -0.25) is 25.3 Å². The van der Waals surface area contributed by atoms with Gasteiger partial charge in [-0.15, -0.1) is 0 Å². The van der Waals surface area contributed by atoms with Crippen molar-refractivity contribution < 1.29 is 19.2 Å². The van der Waals surface area contributed by atoms with E-state index < -0.39 is 6.04 Å². The summed E-state index contributed by atoms with van der Waals surface area (Å²) < 4.78 is 0. The van der Waals surface area contributed by atoms with Gasteiger partial charge < -0.3 is 10.2 Å². The molecule has 24 heavy (non-hydrogen) atoms. The fourth-order valence-electron chi connectivity index (χ4n) is 2.89. The van der Waals surface area contributed by atoms with Crippen LogP contribution in [0.2, 0.25) is 0 Å².